The summed E-state index contributed by atoms with van der Waals surface area (Å²) in [6, 6.07) is 35.7. The molecule has 0 N–H and O–H groups in total. The number of rotatable bonds is 3. The third-order valence-electron chi connectivity index (χ3n) is 7.25. The molecular weight excluding hydrogens is 384 g/mol. The third kappa shape index (κ3) is 2.83. The third-order valence-corrected chi connectivity index (χ3v) is 7.25. The molecule has 0 aliphatic carbocycles. The highest BCUT2D eigenvalue weighted by atomic mass is 14.2. The van der Waals surface area contributed by atoms with Crippen LogP contribution < -0.4 is 0 Å². The topological polar surface area (TPSA) is 0 Å². The van der Waals surface area contributed by atoms with Crippen molar-refractivity contribution in [3.63, 3.8) is 0 Å². The molecule has 0 saturated heterocycles. The molecule has 0 bridgehead atoms. The molecule has 0 fully saturated rings. The molecular formula is C32H26. The van der Waals surface area contributed by atoms with Crippen molar-refractivity contribution >= 4 is 43.1 Å². The first kappa shape index (κ1) is 19.1. The maximum absolute atomic E-state index is 2.30. The van der Waals surface area contributed by atoms with Gasteiger partial charge in [0, 0.05) is 0 Å². The van der Waals surface area contributed by atoms with Crippen LogP contribution in [0, 0.1) is 13.8 Å². The van der Waals surface area contributed by atoms with Crippen LogP contribution in [-0.4, -0.2) is 0 Å². The molecule has 6 aromatic carbocycles. The molecule has 0 spiro atoms. The lowest BCUT2D eigenvalue weighted by Gasteiger charge is -2.17. The molecule has 0 aliphatic heterocycles. The second kappa shape index (κ2) is 7.50. The summed E-state index contributed by atoms with van der Waals surface area (Å²) in [5.74, 6) is 0. The van der Waals surface area contributed by atoms with Crippen LogP contribution in [0.1, 0.15) is 22.3 Å². The van der Waals surface area contributed by atoms with Crippen molar-refractivity contribution in [3.05, 3.63) is 119 Å². The van der Waals surface area contributed by atoms with Crippen molar-refractivity contribution in [1.29, 1.82) is 0 Å². The summed E-state index contributed by atoms with van der Waals surface area (Å²) in [5, 5.41) is 11.1. The van der Waals surface area contributed by atoms with E-state index >= 15 is 0 Å². The van der Waals surface area contributed by atoms with E-state index in [9.17, 15) is 0 Å². The van der Waals surface area contributed by atoms with Crippen LogP contribution in [-0.2, 0) is 12.8 Å². The largest absolute Gasteiger partial charge is 0.0616 e. The standard InChI is InChI=1S/C32H26/c1-21-23-11-3-7-15-27(23)31(28-16-8-4-12-24(21)28)19-20-32-29-17-9-5-13-25(29)22(2)26-14-6-10-18-30(26)32/h3-18H,19-20H2,1-2H3. The fourth-order valence-corrected chi connectivity index (χ4v) is 5.66. The SMILES string of the molecule is Cc1c2ccccc2c(CCc2c3ccccc3c(C)c3ccccc23)c2ccccc12. The zero-order chi connectivity index (χ0) is 21.7. The van der Waals surface area contributed by atoms with Gasteiger partial charge < -0.3 is 0 Å². The van der Waals surface area contributed by atoms with Gasteiger partial charge in [-0.15, -0.1) is 0 Å². The highest BCUT2D eigenvalue weighted by Gasteiger charge is 2.14. The summed E-state index contributed by atoms with van der Waals surface area (Å²) in [4.78, 5) is 0. The second-order valence-corrected chi connectivity index (χ2v) is 8.89. The van der Waals surface area contributed by atoms with Crippen LogP contribution in [0.3, 0.4) is 0 Å². The van der Waals surface area contributed by atoms with Gasteiger partial charge >= 0.3 is 0 Å². The highest BCUT2D eigenvalue weighted by molar-refractivity contribution is 6.07. The van der Waals surface area contributed by atoms with E-state index in [0.717, 1.165) is 12.8 Å². The molecule has 0 amide bonds. The lowest BCUT2D eigenvalue weighted by atomic mass is 9.86. The zero-order valence-corrected chi connectivity index (χ0v) is 18.7. The minimum Gasteiger partial charge on any atom is -0.0616 e. The number of benzene rings is 6. The Bertz CT molecular complexity index is 1400. The van der Waals surface area contributed by atoms with E-state index in [1.54, 1.807) is 0 Å². The molecule has 0 saturated carbocycles. The Hall–Kier alpha value is -3.64. The molecule has 0 radical (unpaired) electrons. The first-order valence-electron chi connectivity index (χ1n) is 11.5. The van der Waals surface area contributed by atoms with Crippen LogP contribution >= 0.6 is 0 Å². The molecule has 0 heterocycles. The number of fused-ring (bicyclic) bond motifs is 4. The Morgan fingerprint density at radius 3 is 0.812 bits per heavy atom. The van der Waals surface area contributed by atoms with E-state index < -0.39 is 0 Å². The Morgan fingerprint density at radius 1 is 0.344 bits per heavy atom. The maximum atomic E-state index is 2.30. The fourth-order valence-electron chi connectivity index (χ4n) is 5.66. The fraction of sp³-hybridized carbons (Fsp3) is 0.125. The highest BCUT2D eigenvalue weighted by Crippen LogP contribution is 2.36. The van der Waals surface area contributed by atoms with E-state index in [1.165, 1.54) is 65.3 Å². The van der Waals surface area contributed by atoms with Gasteiger partial charge in [-0.1, -0.05) is 97.1 Å². The van der Waals surface area contributed by atoms with Crippen molar-refractivity contribution in [2.75, 3.05) is 0 Å². The Labute approximate surface area is 189 Å². The van der Waals surface area contributed by atoms with Crippen LogP contribution in [0.2, 0.25) is 0 Å². The van der Waals surface area contributed by atoms with Gasteiger partial charge in [-0.25, -0.2) is 0 Å². The first-order chi connectivity index (χ1) is 15.7. The number of hydrogen-bond acceptors (Lipinski definition) is 0. The smallest absolute Gasteiger partial charge is 0.0143 e. The summed E-state index contributed by atoms with van der Waals surface area (Å²) >= 11 is 0. The average molecular weight is 411 g/mol. The molecule has 6 rings (SSSR count). The molecule has 154 valence electrons. The predicted octanol–water partition coefficient (Wildman–Crippen LogP) is 8.70. The molecule has 0 unspecified atom stereocenters. The van der Waals surface area contributed by atoms with Gasteiger partial charge in [-0.05, 0) is 92.0 Å². The number of hydrogen-bond donors (Lipinski definition) is 0. The van der Waals surface area contributed by atoms with Crippen LogP contribution in [0.25, 0.3) is 43.1 Å². The Morgan fingerprint density at radius 2 is 0.562 bits per heavy atom. The van der Waals surface area contributed by atoms with Crippen LogP contribution in [0.15, 0.2) is 97.1 Å². The molecule has 0 aliphatic rings. The van der Waals surface area contributed by atoms with Crippen LogP contribution in [0.4, 0.5) is 0 Å². The molecule has 0 aromatic heterocycles. The van der Waals surface area contributed by atoms with Crippen molar-refractivity contribution < 1.29 is 0 Å². The molecule has 32 heavy (non-hydrogen) atoms. The molecule has 0 atom stereocenters. The summed E-state index contributed by atoms with van der Waals surface area (Å²) in [6.07, 6.45) is 2.05. The number of aryl methyl sites for hydroxylation is 4. The van der Waals surface area contributed by atoms with Gasteiger partial charge in [-0.2, -0.15) is 0 Å². The zero-order valence-electron chi connectivity index (χ0n) is 18.7. The van der Waals surface area contributed by atoms with Gasteiger partial charge in [-0.3, -0.25) is 0 Å². The normalized spacial score (nSPS) is 11.7. The van der Waals surface area contributed by atoms with Gasteiger partial charge in [0.2, 0.25) is 0 Å². The lowest BCUT2D eigenvalue weighted by molar-refractivity contribution is 0.995. The maximum Gasteiger partial charge on any atom is -0.0143 e. The second-order valence-electron chi connectivity index (χ2n) is 8.89. The minimum atomic E-state index is 1.03. The van der Waals surface area contributed by atoms with Crippen molar-refractivity contribution in [2.24, 2.45) is 0 Å². The predicted molar refractivity (Wildman–Crippen MR) is 140 cm³/mol. The van der Waals surface area contributed by atoms with Crippen LogP contribution in [0.5, 0.6) is 0 Å². The Kier molecular flexibility index (Phi) is 4.47. The van der Waals surface area contributed by atoms with Crippen molar-refractivity contribution in [2.45, 2.75) is 26.7 Å². The van der Waals surface area contributed by atoms with Gasteiger partial charge in [0.15, 0.2) is 0 Å². The van der Waals surface area contributed by atoms with E-state index in [-0.39, 0.29) is 0 Å². The van der Waals surface area contributed by atoms with Gasteiger partial charge in [0.05, 0.1) is 0 Å². The summed E-state index contributed by atoms with van der Waals surface area (Å²) < 4.78 is 0. The van der Waals surface area contributed by atoms with Gasteiger partial charge in [0.1, 0.15) is 0 Å². The van der Waals surface area contributed by atoms with Crippen molar-refractivity contribution in [3.8, 4) is 0 Å². The van der Waals surface area contributed by atoms with E-state index in [4.69, 9.17) is 0 Å². The monoisotopic (exact) mass is 410 g/mol. The Balaban J connectivity index is 1.59. The van der Waals surface area contributed by atoms with E-state index in [1.807, 2.05) is 0 Å². The van der Waals surface area contributed by atoms with Gasteiger partial charge in [0.25, 0.3) is 0 Å². The lowest BCUT2D eigenvalue weighted by Crippen LogP contribution is -1.99. The molecule has 6 aromatic rings. The quantitative estimate of drug-likeness (QED) is 0.256. The molecule has 0 heteroatoms. The summed E-state index contributed by atoms with van der Waals surface area (Å²) in [5.41, 5.74) is 5.70. The van der Waals surface area contributed by atoms with E-state index in [0.29, 0.717) is 0 Å². The minimum absolute atomic E-state index is 1.03. The van der Waals surface area contributed by atoms with E-state index in [2.05, 4.69) is 111 Å². The molecule has 0 nitrogen and oxygen atoms in total. The average Bonchev–Trinajstić information content (AvgIpc) is 2.86. The summed E-state index contributed by atoms with van der Waals surface area (Å²) in [7, 11) is 0. The summed E-state index contributed by atoms with van der Waals surface area (Å²) in [6.45, 7) is 4.52. The first-order valence-corrected chi connectivity index (χ1v) is 11.5. The van der Waals surface area contributed by atoms with Crippen molar-refractivity contribution in [1.82, 2.24) is 0 Å².